The summed E-state index contributed by atoms with van der Waals surface area (Å²) >= 11 is 0. The first-order valence-corrected chi connectivity index (χ1v) is 4.13. The molecule has 1 fully saturated rings. The lowest BCUT2D eigenvalue weighted by Gasteiger charge is -2.20. The van der Waals surface area contributed by atoms with E-state index < -0.39 is 0 Å². The van der Waals surface area contributed by atoms with Crippen molar-refractivity contribution >= 4 is 0 Å². The van der Waals surface area contributed by atoms with Gasteiger partial charge < -0.3 is 9.47 Å². The van der Waals surface area contributed by atoms with Crippen LogP contribution in [0.5, 0.6) is 0 Å². The van der Waals surface area contributed by atoms with Crippen molar-refractivity contribution in [1.29, 1.82) is 0 Å². The summed E-state index contributed by atoms with van der Waals surface area (Å²) in [6.45, 7) is 8.45. The molecular formula is C8H18O2. The highest BCUT2D eigenvalue weighted by molar-refractivity contribution is 4.56. The van der Waals surface area contributed by atoms with E-state index in [-0.39, 0.29) is 0 Å². The molecule has 1 atom stereocenters. The highest BCUT2D eigenvalue weighted by Gasteiger charge is 2.10. The highest BCUT2D eigenvalue weighted by atomic mass is 16.6. The van der Waals surface area contributed by atoms with Crippen LogP contribution in [0.3, 0.4) is 0 Å². The Morgan fingerprint density at radius 2 is 2.00 bits per heavy atom. The van der Waals surface area contributed by atoms with Crippen molar-refractivity contribution in [2.45, 2.75) is 33.3 Å². The monoisotopic (exact) mass is 146 g/mol. The van der Waals surface area contributed by atoms with Crippen LogP contribution in [0.4, 0.5) is 0 Å². The summed E-state index contributed by atoms with van der Waals surface area (Å²) < 4.78 is 10.5. The van der Waals surface area contributed by atoms with Gasteiger partial charge in [0.05, 0.1) is 25.9 Å². The third kappa shape index (κ3) is 3.85. The van der Waals surface area contributed by atoms with Crippen LogP contribution in [0.15, 0.2) is 0 Å². The fourth-order valence-electron chi connectivity index (χ4n) is 0.772. The van der Waals surface area contributed by atoms with Crippen LogP contribution in [0.2, 0.25) is 0 Å². The summed E-state index contributed by atoms with van der Waals surface area (Å²) in [6, 6.07) is 0. The zero-order valence-electron chi connectivity index (χ0n) is 7.22. The quantitative estimate of drug-likeness (QED) is 0.562. The van der Waals surface area contributed by atoms with Crippen LogP contribution in [-0.2, 0) is 9.47 Å². The molecule has 0 aromatic rings. The lowest BCUT2D eigenvalue weighted by atomic mass is 10.3. The number of ether oxygens (including phenoxy) is 2. The van der Waals surface area contributed by atoms with E-state index in [0.29, 0.717) is 6.10 Å². The van der Waals surface area contributed by atoms with E-state index in [0.717, 1.165) is 26.2 Å². The van der Waals surface area contributed by atoms with Gasteiger partial charge in [0.2, 0.25) is 0 Å². The Morgan fingerprint density at radius 1 is 1.30 bits per heavy atom. The summed E-state index contributed by atoms with van der Waals surface area (Å²) in [4.78, 5) is 0. The van der Waals surface area contributed by atoms with Gasteiger partial charge in [-0.05, 0) is 6.42 Å². The molecule has 0 spiro atoms. The normalized spacial score (nSPS) is 24.9. The van der Waals surface area contributed by atoms with Gasteiger partial charge in [-0.2, -0.15) is 0 Å². The lowest BCUT2D eigenvalue weighted by molar-refractivity contribution is -0.0887. The fraction of sp³-hybridized carbons (Fsp3) is 1.00. The molecule has 0 aliphatic carbocycles. The molecule has 1 saturated heterocycles. The van der Waals surface area contributed by atoms with Crippen molar-refractivity contribution in [2.24, 2.45) is 0 Å². The molecule has 0 unspecified atom stereocenters. The van der Waals surface area contributed by atoms with Gasteiger partial charge in [-0.25, -0.2) is 0 Å². The Bertz CT molecular complexity index is 58.3. The number of rotatable bonds is 1. The summed E-state index contributed by atoms with van der Waals surface area (Å²) in [7, 11) is 0. The third-order valence-electron chi connectivity index (χ3n) is 1.34. The standard InChI is InChI=1S/C6H12O2.C2H6/c1-2-6-5-7-3-4-8-6;1-2/h6H,2-5H2,1H3;1-2H3/t6-;/m1./s1. The van der Waals surface area contributed by atoms with E-state index in [9.17, 15) is 0 Å². The molecule has 62 valence electrons. The van der Waals surface area contributed by atoms with Gasteiger partial charge in [-0.1, -0.05) is 20.8 Å². The zero-order chi connectivity index (χ0) is 7.82. The molecule has 0 saturated carbocycles. The van der Waals surface area contributed by atoms with Crippen LogP contribution in [0, 0.1) is 0 Å². The smallest absolute Gasteiger partial charge is 0.0807 e. The maximum absolute atomic E-state index is 5.30. The Morgan fingerprint density at radius 3 is 2.30 bits per heavy atom. The van der Waals surface area contributed by atoms with Gasteiger partial charge in [-0.15, -0.1) is 0 Å². The van der Waals surface area contributed by atoms with E-state index >= 15 is 0 Å². The first-order valence-electron chi connectivity index (χ1n) is 4.13. The van der Waals surface area contributed by atoms with Gasteiger partial charge in [0, 0.05) is 0 Å². The second-order valence-electron chi connectivity index (χ2n) is 1.98. The van der Waals surface area contributed by atoms with Crippen LogP contribution < -0.4 is 0 Å². The molecule has 2 heteroatoms. The molecule has 0 radical (unpaired) electrons. The highest BCUT2D eigenvalue weighted by Crippen LogP contribution is 2.02. The molecule has 10 heavy (non-hydrogen) atoms. The lowest BCUT2D eigenvalue weighted by Crippen LogP contribution is -2.27. The van der Waals surface area contributed by atoms with Crippen molar-refractivity contribution in [3.8, 4) is 0 Å². The Balaban J connectivity index is 0.000000371. The molecule has 1 heterocycles. The summed E-state index contributed by atoms with van der Waals surface area (Å²) in [5.41, 5.74) is 0. The summed E-state index contributed by atoms with van der Waals surface area (Å²) in [5.74, 6) is 0. The average Bonchev–Trinajstić information content (AvgIpc) is 2.10. The molecule has 1 aliphatic heterocycles. The predicted molar refractivity (Wildman–Crippen MR) is 42.2 cm³/mol. The van der Waals surface area contributed by atoms with E-state index in [1.165, 1.54) is 0 Å². The maximum Gasteiger partial charge on any atom is 0.0807 e. The fourth-order valence-corrected chi connectivity index (χ4v) is 0.772. The van der Waals surface area contributed by atoms with Gasteiger partial charge >= 0.3 is 0 Å². The van der Waals surface area contributed by atoms with Crippen molar-refractivity contribution in [2.75, 3.05) is 19.8 Å². The van der Waals surface area contributed by atoms with Gasteiger partial charge in [-0.3, -0.25) is 0 Å². The molecule has 2 nitrogen and oxygen atoms in total. The largest absolute Gasteiger partial charge is 0.376 e. The van der Waals surface area contributed by atoms with Crippen LogP contribution in [-0.4, -0.2) is 25.9 Å². The van der Waals surface area contributed by atoms with Crippen LogP contribution in [0.1, 0.15) is 27.2 Å². The summed E-state index contributed by atoms with van der Waals surface area (Å²) in [5, 5.41) is 0. The molecular weight excluding hydrogens is 128 g/mol. The molecule has 0 bridgehead atoms. The second kappa shape index (κ2) is 7.03. The minimum atomic E-state index is 0.365. The topological polar surface area (TPSA) is 18.5 Å². The molecule has 0 amide bonds. The van der Waals surface area contributed by atoms with Crippen molar-refractivity contribution < 1.29 is 9.47 Å². The maximum atomic E-state index is 5.30. The Kier molecular flexibility index (Phi) is 6.98. The second-order valence-corrected chi connectivity index (χ2v) is 1.98. The Hall–Kier alpha value is -0.0800. The third-order valence-corrected chi connectivity index (χ3v) is 1.34. The minimum absolute atomic E-state index is 0.365. The van der Waals surface area contributed by atoms with E-state index in [2.05, 4.69) is 6.92 Å². The van der Waals surface area contributed by atoms with E-state index in [1.54, 1.807) is 0 Å². The van der Waals surface area contributed by atoms with Crippen molar-refractivity contribution in [3.63, 3.8) is 0 Å². The molecule has 0 aromatic heterocycles. The van der Waals surface area contributed by atoms with Crippen LogP contribution >= 0.6 is 0 Å². The van der Waals surface area contributed by atoms with Crippen molar-refractivity contribution in [3.05, 3.63) is 0 Å². The van der Waals surface area contributed by atoms with Crippen molar-refractivity contribution in [1.82, 2.24) is 0 Å². The van der Waals surface area contributed by atoms with Crippen LogP contribution in [0.25, 0.3) is 0 Å². The number of hydrogen-bond acceptors (Lipinski definition) is 2. The minimum Gasteiger partial charge on any atom is -0.376 e. The summed E-state index contributed by atoms with van der Waals surface area (Å²) in [6.07, 6.45) is 1.43. The molecule has 1 aliphatic rings. The van der Waals surface area contributed by atoms with E-state index in [1.807, 2.05) is 13.8 Å². The average molecular weight is 146 g/mol. The van der Waals surface area contributed by atoms with Gasteiger partial charge in [0.25, 0.3) is 0 Å². The SMILES string of the molecule is CC.CC[C@@H]1COCCO1. The number of hydrogen-bond donors (Lipinski definition) is 0. The van der Waals surface area contributed by atoms with Gasteiger partial charge in [0.15, 0.2) is 0 Å². The predicted octanol–water partition coefficient (Wildman–Crippen LogP) is 1.84. The molecule has 0 N–H and O–H groups in total. The molecule has 1 rings (SSSR count). The first kappa shape index (κ1) is 9.92. The Labute approximate surface area is 63.5 Å². The molecule has 0 aromatic carbocycles. The van der Waals surface area contributed by atoms with Gasteiger partial charge in [0.1, 0.15) is 0 Å². The van der Waals surface area contributed by atoms with E-state index in [4.69, 9.17) is 9.47 Å². The zero-order valence-corrected chi connectivity index (χ0v) is 7.22. The first-order chi connectivity index (χ1) is 4.93.